The van der Waals surface area contributed by atoms with Crippen molar-refractivity contribution in [2.45, 2.75) is 19.3 Å². The molecule has 0 saturated heterocycles. The minimum atomic E-state index is -0.842. The molecule has 0 aromatic rings. The summed E-state index contributed by atoms with van der Waals surface area (Å²) in [5.74, 6) is -1.54. The van der Waals surface area contributed by atoms with Crippen molar-refractivity contribution in [3.8, 4) is 0 Å². The van der Waals surface area contributed by atoms with Crippen molar-refractivity contribution in [3.05, 3.63) is 12.2 Å². The first-order valence-corrected chi connectivity index (χ1v) is 5.22. The second-order valence-corrected chi connectivity index (χ2v) is 4.41. The fourth-order valence-electron chi connectivity index (χ4n) is 2.97. The molecule has 1 saturated carbocycles. The molecule has 0 amide bonds. The van der Waals surface area contributed by atoms with Gasteiger partial charge in [-0.1, -0.05) is 12.2 Å². The number of hydrogen-bond donors (Lipinski definition) is 2. The molecular formula is C11H14O4. The van der Waals surface area contributed by atoms with Gasteiger partial charge in [0.1, 0.15) is 0 Å². The average Bonchev–Trinajstić information content (AvgIpc) is 2.72. The Balaban J connectivity index is 2.05. The van der Waals surface area contributed by atoms with Crippen molar-refractivity contribution in [2.24, 2.45) is 23.7 Å². The van der Waals surface area contributed by atoms with Crippen LogP contribution >= 0.6 is 0 Å². The van der Waals surface area contributed by atoms with Gasteiger partial charge in [-0.15, -0.1) is 0 Å². The van der Waals surface area contributed by atoms with Crippen molar-refractivity contribution in [1.29, 1.82) is 0 Å². The summed E-state index contributed by atoms with van der Waals surface area (Å²) in [5, 5.41) is 17.7. The van der Waals surface area contributed by atoms with Crippen LogP contribution in [0, 0.1) is 23.7 Å². The zero-order valence-electron chi connectivity index (χ0n) is 8.30. The lowest BCUT2D eigenvalue weighted by atomic mass is 9.80. The van der Waals surface area contributed by atoms with E-state index >= 15 is 0 Å². The maximum Gasteiger partial charge on any atom is 0.307 e. The Morgan fingerprint density at radius 1 is 1.20 bits per heavy atom. The van der Waals surface area contributed by atoms with E-state index in [1.165, 1.54) is 0 Å². The van der Waals surface area contributed by atoms with E-state index in [1.807, 2.05) is 6.08 Å². The summed E-state index contributed by atoms with van der Waals surface area (Å²) in [7, 11) is 0. The molecule has 2 aliphatic rings. The lowest BCUT2D eigenvalue weighted by molar-refractivity contribution is -0.145. The minimum absolute atomic E-state index is 0.0219. The van der Waals surface area contributed by atoms with Crippen molar-refractivity contribution in [2.75, 3.05) is 0 Å². The minimum Gasteiger partial charge on any atom is -0.481 e. The highest BCUT2D eigenvalue weighted by molar-refractivity contribution is 5.72. The Labute approximate surface area is 87.6 Å². The van der Waals surface area contributed by atoms with Gasteiger partial charge in [0.05, 0.1) is 5.92 Å². The number of fused-ring (bicyclic) bond motifs is 2. The van der Waals surface area contributed by atoms with E-state index in [0.29, 0.717) is 6.42 Å². The molecular weight excluding hydrogens is 196 g/mol. The Morgan fingerprint density at radius 2 is 1.87 bits per heavy atom. The molecule has 0 aromatic carbocycles. The first-order valence-electron chi connectivity index (χ1n) is 5.22. The first-order chi connectivity index (χ1) is 7.09. The maximum absolute atomic E-state index is 11.1. The highest BCUT2D eigenvalue weighted by Gasteiger charge is 2.47. The summed E-state index contributed by atoms with van der Waals surface area (Å²) >= 11 is 0. The number of carboxylic acid groups (broad SMARTS) is 2. The van der Waals surface area contributed by atoms with Crippen molar-refractivity contribution < 1.29 is 19.8 Å². The van der Waals surface area contributed by atoms with Crippen LogP contribution in [0.3, 0.4) is 0 Å². The van der Waals surface area contributed by atoms with E-state index in [1.54, 1.807) is 0 Å². The molecule has 0 unspecified atom stereocenters. The summed E-state index contributed by atoms with van der Waals surface area (Å²) in [6, 6.07) is 0. The highest BCUT2D eigenvalue weighted by Crippen LogP contribution is 2.49. The summed E-state index contributed by atoms with van der Waals surface area (Å²) in [6.07, 6.45) is 5.47. The second-order valence-electron chi connectivity index (χ2n) is 4.41. The average molecular weight is 210 g/mol. The van der Waals surface area contributed by atoms with Gasteiger partial charge in [0, 0.05) is 6.42 Å². The smallest absolute Gasteiger partial charge is 0.307 e. The van der Waals surface area contributed by atoms with E-state index in [-0.39, 0.29) is 30.1 Å². The van der Waals surface area contributed by atoms with Crippen molar-refractivity contribution in [1.82, 2.24) is 0 Å². The second kappa shape index (κ2) is 3.68. The molecule has 82 valence electrons. The summed E-state index contributed by atoms with van der Waals surface area (Å²) in [5.41, 5.74) is 0. The van der Waals surface area contributed by atoms with Gasteiger partial charge in [-0.25, -0.2) is 0 Å². The number of aliphatic carboxylic acids is 2. The van der Waals surface area contributed by atoms with E-state index in [9.17, 15) is 9.59 Å². The van der Waals surface area contributed by atoms with Crippen LogP contribution < -0.4 is 0 Å². The van der Waals surface area contributed by atoms with E-state index in [2.05, 4.69) is 6.08 Å². The fraction of sp³-hybridized carbons (Fsp3) is 0.636. The quantitative estimate of drug-likeness (QED) is 0.687. The maximum atomic E-state index is 11.1. The van der Waals surface area contributed by atoms with Crippen LogP contribution in [0.5, 0.6) is 0 Å². The third-order valence-electron chi connectivity index (χ3n) is 3.60. The molecule has 4 heteroatoms. The zero-order valence-corrected chi connectivity index (χ0v) is 8.30. The third-order valence-corrected chi connectivity index (χ3v) is 3.60. The molecule has 0 aromatic heterocycles. The molecule has 0 aliphatic heterocycles. The molecule has 2 bridgehead atoms. The number of carboxylic acids is 2. The van der Waals surface area contributed by atoms with Crippen LogP contribution in [0.4, 0.5) is 0 Å². The van der Waals surface area contributed by atoms with Crippen LogP contribution in [0.15, 0.2) is 12.2 Å². The monoisotopic (exact) mass is 210 g/mol. The predicted molar refractivity (Wildman–Crippen MR) is 52.2 cm³/mol. The predicted octanol–water partition coefficient (Wildman–Crippen LogP) is 1.37. The van der Waals surface area contributed by atoms with Crippen LogP contribution in [0.1, 0.15) is 19.3 Å². The summed E-state index contributed by atoms with van der Waals surface area (Å²) in [4.78, 5) is 21.5. The SMILES string of the molecule is O=C(O)CC[C@H]1[C@@H](C(=O)O)[C@@H]2C=C[C@H]1C2. The Kier molecular flexibility index (Phi) is 2.50. The van der Waals surface area contributed by atoms with Gasteiger partial charge >= 0.3 is 11.9 Å². The Bertz CT molecular complexity index is 321. The highest BCUT2D eigenvalue weighted by atomic mass is 16.4. The molecule has 4 atom stereocenters. The van der Waals surface area contributed by atoms with Gasteiger partial charge in [-0.05, 0) is 30.6 Å². The van der Waals surface area contributed by atoms with Gasteiger partial charge in [-0.2, -0.15) is 0 Å². The van der Waals surface area contributed by atoms with Crippen LogP contribution in [-0.4, -0.2) is 22.2 Å². The molecule has 0 spiro atoms. The molecule has 2 N–H and O–H groups in total. The van der Waals surface area contributed by atoms with E-state index in [4.69, 9.17) is 10.2 Å². The molecule has 0 radical (unpaired) electrons. The van der Waals surface area contributed by atoms with Crippen molar-refractivity contribution in [3.63, 3.8) is 0 Å². The van der Waals surface area contributed by atoms with Crippen LogP contribution in [-0.2, 0) is 9.59 Å². The first kappa shape index (κ1) is 10.2. The van der Waals surface area contributed by atoms with E-state index < -0.39 is 11.9 Å². The molecule has 4 nitrogen and oxygen atoms in total. The van der Waals surface area contributed by atoms with E-state index in [0.717, 1.165) is 6.42 Å². The van der Waals surface area contributed by atoms with Gasteiger partial charge < -0.3 is 10.2 Å². The number of allylic oxidation sites excluding steroid dienone is 2. The molecule has 15 heavy (non-hydrogen) atoms. The number of rotatable bonds is 4. The Morgan fingerprint density at radius 3 is 2.47 bits per heavy atom. The van der Waals surface area contributed by atoms with Gasteiger partial charge in [-0.3, -0.25) is 9.59 Å². The van der Waals surface area contributed by atoms with Gasteiger partial charge in [0.25, 0.3) is 0 Å². The lowest BCUT2D eigenvalue weighted by Crippen LogP contribution is -2.27. The molecule has 1 fully saturated rings. The standard InChI is InChI=1S/C11H14O4/c12-9(13)4-3-8-6-1-2-7(5-6)10(8)11(14)15/h1-2,6-8,10H,3-5H2,(H,12,13)(H,14,15)/t6-,7+,8+,10-/m0/s1. The lowest BCUT2D eigenvalue weighted by Gasteiger charge is -2.23. The summed E-state index contributed by atoms with van der Waals surface area (Å²) < 4.78 is 0. The fourth-order valence-corrected chi connectivity index (χ4v) is 2.97. The number of carbonyl (C=O) groups is 2. The largest absolute Gasteiger partial charge is 0.481 e. The third kappa shape index (κ3) is 1.76. The normalized spacial score (nSPS) is 37.1. The van der Waals surface area contributed by atoms with Gasteiger partial charge in [0.15, 0.2) is 0 Å². The topological polar surface area (TPSA) is 74.6 Å². The van der Waals surface area contributed by atoms with Crippen molar-refractivity contribution >= 4 is 11.9 Å². The Hall–Kier alpha value is -1.32. The number of hydrogen-bond acceptors (Lipinski definition) is 2. The van der Waals surface area contributed by atoms with Crippen LogP contribution in [0.25, 0.3) is 0 Å². The zero-order chi connectivity index (χ0) is 11.0. The van der Waals surface area contributed by atoms with Crippen LogP contribution in [0.2, 0.25) is 0 Å². The molecule has 0 heterocycles. The summed E-state index contributed by atoms with van der Waals surface area (Å²) in [6.45, 7) is 0. The molecule has 2 aliphatic carbocycles. The van der Waals surface area contributed by atoms with Gasteiger partial charge in [0.2, 0.25) is 0 Å². The molecule has 2 rings (SSSR count).